The van der Waals surface area contributed by atoms with E-state index in [-0.39, 0.29) is 0 Å². The second-order valence-electron chi connectivity index (χ2n) is 30.0. The molecule has 22 rings (SSSR count). The summed E-state index contributed by atoms with van der Waals surface area (Å²) in [5.41, 5.74) is 26.1. The summed E-state index contributed by atoms with van der Waals surface area (Å²) in [6.45, 7) is 0. The summed E-state index contributed by atoms with van der Waals surface area (Å²) < 4.78 is 2.53. The van der Waals surface area contributed by atoms with E-state index >= 15 is 0 Å². The highest BCUT2D eigenvalue weighted by atomic mass is 32.1. The summed E-state index contributed by atoms with van der Waals surface area (Å²) in [5.74, 6) is 0.703. The maximum Gasteiger partial charge on any atom is 0.160 e. The fourth-order valence-electron chi connectivity index (χ4n) is 19.8. The van der Waals surface area contributed by atoms with Gasteiger partial charge < -0.3 is 0 Å². The zero-order valence-electron chi connectivity index (χ0n) is 62.9. The van der Waals surface area contributed by atoms with Crippen molar-refractivity contribution in [3.05, 3.63) is 516 Å². The van der Waals surface area contributed by atoms with E-state index in [0.717, 1.165) is 61.3 Å². The number of aromatic nitrogens is 4. The molecular formula is C110H74N4S. The average molecular weight is 1480 g/mol. The van der Waals surface area contributed by atoms with Crippen LogP contribution in [0.4, 0.5) is 0 Å². The van der Waals surface area contributed by atoms with Crippen molar-refractivity contribution < 1.29 is 0 Å². The Hall–Kier alpha value is -14.4. The molecule has 0 aliphatic heterocycles. The van der Waals surface area contributed by atoms with E-state index in [4.69, 9.17) is 19.9 Å². The average Bonchev–Trinajstić information content (AvgIpc) is 0.913. The molecule has 0 saturated carbocycles. The summed E-state index contributed by atoms with van der Waals surface area (Å²) in [5, 5.41) is 3.59. The van der Waals surface area contributed by atoms with Crippen LogP contribution in [0.25, 0.3) is 110 Å². The normalized spacial score (nSPS) is 13.8. The monoisotopic (exact) mass is 1480 g/mol. The predicted molar refractivity (Wildman–Crippen MR) is 476 cm³/mol. The van der Waals surface area contributed by atoms with Crippen molar-refractivity contribution in [1.29, 1.82) is 0 Å². The quantitative estimate of drug-likeness (QED) is 0.122. The van der Waals surface area contributed by atoms with Crippen molar-refractivity contribution in [2.75, 3.05) is 0 Å². The molecule has 3 heterocycles. The topological polar surface area (TPSA) is 51.6 Å². The smallest absolute Gasteiger partial charge is 0.160 e. The van der Waals surface area contributed by atoms with Gasteiger partial charge in [-0.2, -0.15) is 0 Å². The Morgan fingerprint density at radius 2 is 0.478 bits per heavy atom. The van der Waals surface area contributed by atoms with Crippen LogP contribution in [0.5, 0.6) is 0 Å². The standard InChI is InChI=1S/C58H38N2S.C52H36N2/c1-5-19-41(20-6-1)57(42-21-7-2-8-22-42)49-29-15-13-27-45(49)46-35-33-39(37-50(46)58(57,43-23-9-3-10-24-43)44-25-11-4-12-26-44)55-56(60-52-31-17-16-30-51(52)59-55)40-34-36-48-47-28-14-18-32-53(47)61-54(48)38-40;1-6-20-37(21-7-1)49-45-31-17-19-33-48(45)53-50(54-49)38-34-35-44-43-30-16-18-32-46(43)51(39-22-8-2-9-23-39,40-24-10-3-11-25-40)52(47(44)36-38,41-26-12-4-13-27-41)42-28-14-5-15-29-42/h1-38H;1-36H. The van der Waals surface area contributed by atoms with Gasteiger partial charge in [0.1, 0.15) is 0 Å². The molecule has 0 fully saturated rings. The minimum Gasteiger partial charge on any atom is -0.244 e. The van der Waals surface area contributed by atoms with Crippen molar-refractivity contribution in [2.45, 2.75) is 21.7 Å². The highest BCUT2D eigenvalue weighted by Gasteiger charge is 2.63. The summed E-state index contributed by atoms with van der Waals surface area (Å²) in [7, 11) is 0. The summed E-state index contributed by atoms with van der Waals surface area (Å²) in [6.07, 6.45) is 0. The molecule has 115 heavy (non-hydrogen) atoms. The Balaban J connectivity index is 0.000000145. The predicted octanol–water partition coefficient (Wildman–Crippen LogP) is 27.0. The molecule has 2 aliphatic rings. The third-order valence-electron chi connectivity index (χ3n) is 24.3. The Bertz CT molecular complexity index is 6840. The van der Waals surface area contributed by atoms with Crippen LogP contribution in [-0.2, 0) is 21.7 Å². The van der Waals surface area contributed by atoms with E-state index in [9.17, 15) is 0 Å². The van der Waals surface area contributed by atoms with Crippen molar-refractivity contribution in [3.63, 3.8) is 0 Å². The van der Waals surface area contributed by atoms with Crippen LogP contribution in [0, 0.1) is 0 Å². The van der Waals surface area contributed by atoms with Crippen LogP contribution in [0.2, 0.25) is 0 Å². The molecule has 20 aromatic rings. The number of benzene rings is 17. The fourth-order valence-corrected chi connectivity index (χ4v) is 21.0. The Morgan fingerprint density at radius 1 is 0.174 bits per heavy atom. The molecule has 0 atom stereocenters. The lowest BCUT2D eigenvalue weighted by Crippen LogP contribution is -2.54. The van der Waals surface area contributed by atoms with E-state index in [1.807, 2.05) is 23.5 Å². The molecule has 4 nitrogen and oxygen atoms in total. The van der Waals surface area contributed by atoms with E-state index in [1.54, 1.807) is 0 Å². The first-order valence-corrected chi connectivity index (χ1v) is 40.3. The molecule has 0 unspecified atom stereocenters. The minimum absolute atomic E-state index is 0.695. The van der Waals surface area contributed by atoms with Gasteiger partial charge in [-0.15, -0.1) is 11.3 Å². The van der Waals surface area contributed by atoms with Gasteiger partial charge in [0, 0.05) is 47.8 Å². The van der Waals surface area contributed by atoms with Gasteiger partial charge in [-0.05, 0) is 131 Å². The van der Waals surface area contributed by atoms with Crippen LogP contribution < -0.4 is 0 Å². The van der Waals surface area contributed by atoms with Crippen LogP contribution >= 0.6 is 11.3 Å². The first kappa shape index (κ1) is 68.7. The highest BCUT2D eigenvalue weighted by Crippen LogP contribution is 2.68. The van der Waals surface area contributed by atoms with Gasteiger partial charge in [-0.1, -0.05) is 406 Å². The van der Waals surface area contributed by atoms with Crippen molar-refractivity contribution in [2.24, 2.45) is 0 Å². The number of rotatable bonds is 12. The number of nitrogens with zero attached hydrogens (tertiary/aromatic N) is 4. The van der Waals surface area contributed by atoms with Gasteiger partial charge in [0.05, 0.1) is 55.3 Å². The number of fused-ring (bicyclic) bond motifs is 11. The van der Waals surface area contributed by atoms with Gasteiger partial charge >= 0.3 is 0 Å². The summed E-state index contributed by atoms with van der Waals surface area (Å²) >= 11 is 1.83. The molecule has 0 N–H and O–H groups in total. The van der Waals surface area contributed by atoms with Crippen molar-refractivity contribution in [3.8, 4) is 67.4 Å². The van der Waals surface area contributed by atoms with Crippen molar-refractivity contribution >= 4 is 53.4 Å². The first-order valence-electron chi connectivity index (χ1n) is 39.5. The minimum atomic E-state index is -0.766. The summed E-state index contributed by atoms with van der Waals surface area (Å²) in [6, 6.07) is 164. The maximum atomic E-state index is 5.52. The number of hydrogen-bond donors (Lipinski definition) is 0. The molecule has 17 aromatic carbocycles. The Kier molecular flexibility index (Phi) is 17.0. The number of para-hydroxylation sites is 3. The molecule has 3 aromatic heterocycles. The van der Waals surface area contributed by atoms with Gasteiger partial charge in [-0.25, -0.2) is 19.9 Å². The first-order chi connectivity index (χ1) is 57.0. The molecule has 2 aliphatic carbocycles. The second kappa shape index (κ2) is 28.4. The van der Waals surface area contributed by atoms with Gasteiger partial charge in [0.15, 0.2) is 5.82 Å². The third-order valence-corrected chi connectivity index (χ3v) is 25.4. The van der Waals surface area contributed by atoms with E-state index in [2.05, 4.69) is 437 Å². The van der Waals surface area contributed by atoms with Crippen LogP contribution in [0.15, 0.2) is 449 Å². The molecular weight excluding hydrogens is 1410 g/mol. The van der Waals surface area contributed by atoms with Crippen molar-refractivity contribution in [1.82, 2.24) is 19.9 Å². The zero-order valence-corrected chi connectivity index (χ0v) is 63.7. The number of hydrogen-bond acceptors (Lipinski definition) is 5. The molecule has 0 radical (unpaired) electrons. The lowest BCUT2D eigenvalue weighted by Gasteiger charge is -2.57. The Labute approximate surface area is 673 Å². The molecule has 5 heteroatoms. The van der Waals surface area contributed by atoms with Gasteiger partial charge in [0.25, 0.3) is 0 Å². The lowest BCUT2D eigenvalue weighted by atomic mass is 9.43. The largest absolute Gasteiger partial charge is 0.244 e. The lowest BCUT2D eigenvalue weighted by molar-refractivity contribution is 0.415. The molecule has 0 bridgehead atoms. The molecule has 0 spiro atoms. The maximum absolute atomic E-state index is 5.52. The molecule has 0 amide bonds. The molecule has 540 valence electrons. The van der Waals surface area contributed by atoms with E-state index < -0.39 is 21.7 Å². The van der Waals surface area contributed by atoms with Gasteiger partial charge in [0.2, 0.25) is 0 Å². The van der Waals surface area contributed by atoms with Crippen LogP contribution in [0.3, 0.4) is 0 Å². The van der Waals surface area contributed by atoms with Crippen LogP contribution in [-0.4, -0.2) is 19.9 Å². The van der Waals surface area contributed by atoms with E-state index in [0.29, 0.717) is 5.82 Å². The SMILES string of the molecule is c1ccc(-c2nc(-c3ccc4c(c3)C(c3ccccc3)(c3ccccc3)C(c3ccccc3)(c3ccccc3)c3ccccc3-4)nc3ccccc23)cc1.c1ccc(C2(c3ccccc3)c3ccccc3-c3ccc(-c4nc5ccccc5nc4-c4ccc5c(c4)sc4ccccc45)cc3C2(c2ccccc2)c2ccccc2)cc1. The third kappa shape index (κ3) is 10.7. The second-order valence-corrected chi connectivity index (χ2v) is 31.1. The highest BCUT2D eigenvalue weighted by molar-refractivity contribution is 7.25. The fraction of sp³-hybridized carbons (Fsp3) is 0.0364. The zero-order chi connectivity index (χ0) is 76.3. The van der Waals surface area contributed by atoms with E-state index in [1.165, 1.54) is 109 Å². The Morgan fingerprint density at radius 3 is 0.913 bits per heavy atom. The van der Waals surface area contributed by atoms with Crippen LogP contribution in [0.1, 0.15) is 66.8 Å². The molecule has 0 saturated heterocycles. The summed E-state index contributed by atoms with van der Waals surface area (Å²) in [4.78, 5) is 21.6. The van der Waals surface area contributed by atoms with Gasteiger partial charge in [-0.3, -0.25) is 0 Å². The number of thiophene rings is 1.